The van der Waals surface area contributed by atoms with Crippen LogP contribution in [0.1, 0.15) is 30.1 Å². The average Bonchev–Trinajstić information content (AvgIpc) is 2.42. The molecule has 1 fully saturated rings. The number of hydrogen-bond acceptors (Lipinski definition) is 3. The van der Waals surface area contributed by atoms with Crippen LogP contribution in [0.15, 0.2) is 22.7 Å². The van der Waals surface area contributed by atoms with Gasteiger partial charge in [-0.2, -0.15) is 0 Å². The molecule has 2 atom stereocenters. The van der Waals surface area contributed by atoms with E-state index in [1.165, 1.54) is 6.07 Å². The summed E-state index contributed by atoms with van der Waals surface area (Å²) in [6, 6.07) is 4.96. The predicted octanol–water partition coefficient (Wildman–Crippen LogP) is 2.27. The number of amides is 1. The van der Waals surface area contributed by atoms with E-state index in [0.717, 1.165) is 30.4 Å². The van der Waals surface area contributed by atoms with Crippen molar-refractivity contribution in [3.8, 4) is 5.75 Å². The summed E-state index contributed by atoms with van der Waals surface area (Å²) in [7, 11) is 0. The Morgan fingerprint density at radius 3 is 3.05 bits per heavy atom. The first-order valence-corrected chi connectivity index (χ1v) is 7.37. The molecule has 0 radical (unpaired) electrons. The summed E-state index contributed by atoms with van der Waals surface area (Å²) in [5, 5.41) is 16.0. The fourth-order valence-electron chi connectivity index (χ4n) is 2.40. The molecule has 1 saturated heterocycles. The Labute approximate surface area is 121 Å². The zero-order valence-electron chi connectivity index (χ0n) is 10.9. The second kappa shape index (κ2) is 6.39. The van der Waals surface area contributed by atoms with Crippen LogP contribution in [0.3, 0.4) is 0 Å². The molecule has 0 aromatic heterocycles. The van der Waals surface area contributed by atoms with Crippen molar-refractivity contribution in [2.45, 2.75) is 25.8 Å². The number of nitrogens with one attached hydrogen (secondary N) is 2. The van der Waals surface area contributed by atoms with E-state index in [2.05, 4.69) is 26.6 Å². The fraction of sp³-hybridized carbons (Fsp3) is 0.500. The molecule has 1 amide bonds. The monoisotopic (exact) mass is 326 g/mol. The van der Waals surface area contributed by atoms with Crippen LogP contribution in [0.4, 0.5) is 0 Å². The molecule has 0 saturated carbocycles. The molecule has 2 unspecified atom stereocenters. The van der Waals surface area contributed by atoms with Gasteiger partial charge in [0.05, 0.1) is 5.56 Å². The number of phenolic OH excluding ortho intramolecular Hbond substituents is 1. The number of benzene rings is 1. The Bertz CT molecular complexity index is 459. The summed E-state index contributed by atoms with van der Waals surface area (Å²) < 4.78 is 0.780. The minimum absolute atomic E-state index is 0.00895. The Kier molecular flexibility index (Phi) is 4.82. The lowest BCUT2D eigenvalue weighted by molar-refractivity contribution is 0.0919. The number of halogens is 1. The number of hydrogen-bond donors (Lipinski definition) is 3. The second-order valence-electron chi connectivity index (χ2n) is 5.03. The van der Waals surface area contributed by atoms with Crippen LogP contribution in [-0.4, -0.2) is 30.1 Å². The molecule has 19 heavy (non-hydrogen) atoms. The van der Waals surface area contributed by atoms with E-state index in [1.54, 1.807) is 12.1 Å². The van der Waals surface area contributed by atoms with E-state index < -0.39 is 0 Å². The zero-order chi connectivity index (χ0) is 13.8. The number of aromatic hydroxyl groups is 1. The molecule has 5 heteroatoms. The Morgan fingerprint density at radius 1 is 1.58 bits per heavy atom. The quantitative estimate of drug-likeness (QED) is 0.798. The second-order valence-corrected chi connectivity index (χ2v) is 5.95. The van der Waals surface area contributed by atoms with Crippen LogP contribution in [0.5, 0.6) is 5.75 Å². The summed E-state index contributed by atoms with van der Waals surface area (Å²) in [5.41, 5.74) is 0.310. The first-order valence-electron chi connectivity index (χ1n) is 6.58. The van der Waals surface area contributed by atoms with Gasteiger partial charge in [0.2, 0.25) is 0 Å². The lowest BCUT2D eigenvalue weighted by Gasteiger charge is -2.29. The third kappa shape index (κ3) is 3.70. The number of piperidine rings is 1. The number of rotatable bonds is 3. The van der Waals surface area contributed by atoms with E-state index in [4.69, 9.17) is 0 Å². The predicted molar refractivity (Wildman–Crippen MR) is 78.3 cm³/mol. The van der Waals surface area contributed by atoms with Gasteiger partial charge >= 0.3 is 0 Å². The standard InChI is InChI=1S/C14H19BrN2O2/c1-9(10-3-2-6-16-8-10)17-14(19)12-7-11(15)4-5-13(12)18/h4-5,7,9-10,16,18H,2-3,6,8H2,1H3,(H,17,19). The molecule has 0 bridgehead atoms. The Morgan fingerprint density at radius 2 is 2.37 bits per heavy atom. The summed E-state index contributed by atoms with van der Waals surface area (Å²) in [5.74, 6) is 0.235. The molecule has 2 rings (SSSR count). The van der Waals surface area contributed by atoms with Gasteiger partial charge in [-0.25, -0.2) is 0 Å². The van der Waals surface area contributed by atoms with Crippen molar-refractivity contribution in [2.24, 2.45) is 5.92 Å². The molecule has 0 aliphatic carbocycles. The lowest BCUT2D eigenvalue weighted by atomic mass is 9.92. The molecule has 1 aromatic rings. The van der Waals surface area contributed by atoms with Crippen LogP contribution in [0.2, 0.25) is 0 Å². The van der Waals surface area contributed by atoms with Crippen LogP contribution in [0, 0.1) is 5.92 Å². The maximum Gasteiger partial charge on any atom is 0.255 e. The van der Waals surface area contributed by atoms with Crippen LogP contribution in [-0.2, 0) is 0 Å². The lowest BCUT2D eigenvalue weighted by Crippen LogP contribution is -2.44. The van der Waals surface area contributed by atoms with Crippen molar-refractivity contribution in [2.75, 3.05) is 13.1 Å². The molecule has 1 aromatic carbocycles. The summed E-state index contributed by atoms with van der Waals surface area (Å²) in [4.78, 5) is 12.2. The van der Waals surface area contributed by atoms with Gasteiger partial charge in [-0.1, -0.05) is 15.9 Å². The highest BCUT2D eigenvalue weighted by Gasteiger charge is 2.22. The van der Waals surface area contributed by atoms with Gasteiger partial charge in [-0.3, -0.25) is 4.79 Å². The van der Waals surface area contributed by atoms with E-state index in [-0.39, 0.29) is 17.7 Å². The van der Waals surface area contributed by atoms with Crippen molar-refractivity contribution in [3.63, 3.8) is 0 Å². The molecule has 1 heterocycles. The minimum Gasteiger partial charge on any atom is -0.507 e. The van der Waals surface area contributed by atoms with Gasteiger partial charge in [-0.05, 0) is 57.0 Å². The van der Waals surface area contributed by atoms with Gasteiger partial charge in [0, 0.05) is 10.5 Å². The molecular formula is C14H19BrN2O2. The van der Waals surface area contributed by atoms with Gasteiger partial charge in [-0.15, -0.1) is 0 Å². The van der Waals surface area contributed by atoms with Crippen molar-refractivity contribution in [3.05, 3.63) is 28.2 Å². The topological polar surface area (TPSA) is 61.4 Å². The van der Waals surface area contributed by atoms with Crippen molar-refractivity contribution in [1.29, 1.82) is 0 Å². The van der Waals surface area contributed by atoms with Crippen molar-refractivity contribution in [1.82, 2.24) is 10.6 Å². The third-order valence-electron chi connectivity index (χ3n) is 3.60. The van der Waals surface area contributed by atoms with Gasteiger partial charge < -0.3 is 15.7 Å². The largest absolute Gasteiger partial charge is 0.507 e. The fourth-order valence-corrected chi connectivity index (χ4v) is 2.76. The summed E-state index contributed by atoms with van der Waals surface area (Å²) >= 11 is 3.31. The van der Waals surface area contributed by atoms with Crippen molar-refractivity contribution < 1.29 is 9.90 Å². The van der Waals surface area contributed by atoms with Crippen molar-refractivity contribution >= 4 is 21.8 Å². The average molecular weight is 327 g/mol. The molecule has 1 aliphatic heterocycles. The molecule has 3 N–H and O–H groups in total. The first kappa shape index (κ1) is 14.3. The molecule has 104 valence electrons. The van der Waals surface area contributed by atoms with E-state index in [0.29, 0.717) is 11.5 Å². The van der Waals surface area contributed by atoms with E-state index >= 15 is 0 Å². The Hall–Kier alpha value is -1.07. The number of carbonyl (C=O) groups is 1. The summed E-state index contributed by atoms with van der Waals surface area (Å²) in [6.45, 7) is 4.01. The normalized spacial score (nSPS) is 20.8. The molecular weight excluding hydrogens is 308 g/mol. The highest BCUT2D eigenvalue weighted by atomic mass is 79.9. The third-order valence-corrected chi connectivity index (χ3v) is 4.10. The smallest absolute Gasteiger partial charge is 0.255 e. The first-order chi connectivity index (χ1) is 9.08. The van der Waals surface area contributed by atoms with Gasteiger partial charge in [0.15, 0.2) is 0 Å². The molecule has 0 spiro atoms. The van der Waals surface area contributed by atoms with Crippen LogP contribution in [0.25, 0.3) is 0 Å². The molecule has 4 nitrogen and oxygen atoms in total. The van der Waals surface area contributed by atoms with Gasteiger partial charge in [0.25, 0.3) is 5.91 Å². The highest BCUT2D eigenvalue weighted by Crippen LogP contribution is 2.22. The Balaban J connectivity index is 2.01. The van der Waals surface area contributed by atoms with Crippen LogP contribution < -0.4 is 10.6 Å². The molecule has 1 aliphatic rings. The van der Waals surface area contributed by atoms with Crippen LogP contribution >= 0.6 is 15.9 Å². The minimum atomic E-state index is -0.225. The highest BCUT2D eigenvalue weighted by molar-refractivity contribution is 9.10. The van der Waals surface area contributed by atoms with E-state index in [1.807, 2.05) is 6.92 Å². The maximum absolute atomic E-state index is 12.2. The number of phenols is 1. The van der Waals surface area contributed by atoms with Gasteiger partial charge in [0.1, 0.15) is 5.75 Å². The zero-order valence-corrected chi connectivity index (χ0v) is 12.5. The SMILES string of the molecule is CC(NC(=O)c1cc(Br)ccc1O)C1CCCNC1. The summed E-state index contributed by atoms with van der Waals surface area (Å²) in [6.07, 6.45) is 2.27. The van der Waals surface area contributed by atoms with E-state index in [9.17, 15) is 9.90 Å². The number of carbonyl (C=O) groups excluding carboxylic acids is 1. The maximum atomic E-state index is 12.2.